The maximum Gasteiger partial charge on any atom is 0.0426 e. The molecule has 0 bridgehead atoms. The zero-order valence-electron chi connectivity index (χ0n) is 8.56. The molecule has 78 valence electrons. The van der Waals surface area contributed by atoms with Crippen molar-refractivity contribution in [3.05, 3.63) is 28.8 Å². The molecule has 0 aliphatic heterocycles. The average Bonchev–Trinajstić information content (AvgIpc) is 2.20. The number of benzene rings is 1. The maximum absolute atomic E-state index is 5.99. The molecule has 0 N–H and O–H groups in total. The van der Waals surface area contributed by atoms with Crippen LogP contribution in [-0.4, -0.2) is 13.1 Å². The SMILES string of the molecule is CCN(CC)c1cc(Cl)ccc1CBr. The van der Waals surface area contributed by atoms with E-state index in [1.807, 2.05) is 12.1 Å². The minimum absolute atomic E-state index is 0.802. The molecule has 1 aromatic rings. The smallest absolute Gasteiger partial charge is 0.0426 e. The van der Waals surface area contributed by atoms with Crippen molar-refractivity contribution in [1.29, 1.82) is 0 Å². The summed E-state index contributed by atoms with van der Waals surface area (Å²) in [4.78, 5) is 2.31. The van der Waals surface area contributed by atoms with Gasteiger partial charge in [-0.3, -0.25) is 0 Å². The Kier molecular flexibility index (Phi) is 4.76. The molecule has 1 aromatic carbocycles. The summed E-state index contributed by atoms with van der Waals surface area (Å²) in [5.74, 6) is 0. The highest BCUT2D eigenvalue weighted by Gasteiger charge is 2.07. The van der Waals surface area contributed by atoms with Crippen LogP contribution in [0.25, 0.3) is 0 Å². The molecule has 0 aliphatic rings. The first-order valence-corrected chi connectivity index (χ1v) is 6.32. The highest BCUT2D eigenvalue weighted by molar-refractivity contribution is 9.08. The van der Waals surface area contributed by atoms with E-state index in [0.29, 0.717) is 0 Å². The van der Waals surface area contributed by atoms with Gasteiger partial charge in [0.2, 0.25) is 0 Å². The summed E-state index contributed by atoms with van der Waals surface area (Å²) in [5.41, 5.74) is 2.53. The summed E-state index contributed by atoms with van der Waals surface area (Å²) < 4.78 is 0. The van der Waals surface area contributed by atoms with Crippen LogP contribution in [0.4, 0.5) is 5.69 Å². The Labute approximate surface area is 99.2 Å². The number of anilines is 1. The summed E-state index contributed by atoms with van der Waals surface area (Å²) in [6.45, 7) is 6.33. The van der Waals surface area contributed by atoms with Crippen LogP contribution >= 0.6 is 27.5 Å². The standard InChI is InChI=1S/C11H15BrClN/c1-3-14(4-2)11-7-10(13)6-5-9(11)8-12/h5-7H,3-4,8H2,1-2H3. The van der Waals surface area contributed by atoms with Gasteiger partial charge >= 0.3 is 0 Å². The minimum Gasteiger partial charge on any atom is -0.372 e. The van der Waals surface area contributed by atoms with Gasteiger partial charge in [0.15, 0.2) is 0 Å². The molecule has 0 unspecified atom stereocenters. The Balaban J connectivity index is 3.08. The third-order valence-electron chi connectivity index (χ3n) is 2.30. The molecular weight excluding hydrogens is 261 g/mol. The molecule has 0 fully saturated rings. The zero-order valence-corrected chi connectivity index (χ0v) is 10.9. The number of rotatable bonds is 4. The first-order chi connectivity index (χ1) is 6.72. The normalized spacial score (nSPS) is 10.3. The Morgan fingerprint density at radius 1 is 1.29 bits per heavy atom. The number of alkyl halides is 1. The summed E-state index contributed by atoms with van der Waals surface area (Å²) in [7, 11) is 0. The van der Waals surface area contributed by atoms with Crippen LogP contribution in [0.3, 0.4) is 0 Å². The first kappa shape index (κ1) is 11.9. The average molecular weight is 277 g/mol. The largest absolute Gasteiger partial charge is 0.372 e. The van der Waals surface area contributed by atoms with Gasteiger partial charge in [-0.25, -0.2) is 0 Å². The van der Waals surface area contributed by atoms with E-state index in [1.165, 1.54) is 11.3 Å². The van der Waals surface area contributed by atoms with Crippen molar-refractivity contribution in [2.75, 3.05) is 18.0 Å². The highest BCUT2D eigenvalue weighted by atomic mass is 79.9. The fourth-order valence-corrected chi connectivity index (χ4v) is 2.15. The van der Waals surface area contributed by atoms with Crippen LogP contribution in [0, 0.1) is 0 Å². The maximum atomic E-state index is 5.99. The molecular formula is C11H15BrClN. The lowest BCUT2D eigenvalue weighted by Gasteiger charge is -2.23. The summed E-state index contributed by atoms with van der Waals surface area (Å²) in [6.07, 6.45) is 0. The second-order valence-corrected chi connectivity index (χ2v) is 4.08. The lowest BCUT2D eigenvalue weighted by atomic mass is 10.2. The quantitative estimate of drug-likeness (QED) is 0.749. The van der Waals surface area contributed by atoms with Crippen LogP contribution in [0.15, 0.2) is 18.2 Å². The van der Waals surface area contributed by atoms with Crippen molar-refractivity contribution in [3.63, 3.8) is 0 Å². The summed E-state index contributed by atoms with van der Waals surface area (Å²) >= 11 is 9.48. The molecule has 3 heteroatoms. The van der Waals surface area contributed by atoms with E-state index in [1.54, 1.807) is 0 Å². The van der Waals surface area contributed by atoms with Crippen molar-refractivity contribution in [2.45, 2.75) is 19.2 Å². The number of halogens is 2. The van der Waals surface area contributed by atoms with Crippen molar-refractivity contribution >= 4 is 33.2 Å². The topological polar surface area (TPSA) is 3.24 Å². The lowest BCUT2D eigenvalue weighted by Crippen LogP contribution is -2.22. The van der Waals surface area contributed by atoms with E-state index in [0.717, 1.165) is 23.4 Å². The molecule has 0 saturated carbocycles. The predicted octanol–water partition coefficient (Wildman–Crippen LogP) is 4.08. The van der Waals surface area contributed by atoms with E-state index >= 15 is 0 Å². The molecule has 0 atom stereocenters. The molecule has 0 amide bonds. The van der Waals surface area contributed by atoms with Crippen LogP contribution < -0.4 is 4.90 Å². The second kappa shape index (κ2) is 5.62. The van der Waals surface area contributed by atoms with E-state index in [4.69, 9.17) is 11.6 Å². The van der Waals surface area contributed by atoms with Gasteiger partial charge < -0.3 is 4.90 Å². The van der Waals surface area contributed by atoms with Crippen LogP contribution in [0.5, 0.6) is 0 Å². The van der Waals surface area contributed by atoms with Gasteiger partial charge in [-0.2, -0.15) is 0 Å². The molecule has 0 saturated heterocycles. The van der Waals surface area contributed by atoms with Crippen LogP contribution in [-0.2, 0) is 5.33 Å². The van der Waals surface area contributed by atoms with Crippen molar-refractivity contribution < 1.29 is 0 Å². The van der Waals surface area contributed by atoms with Crippen LogP contribution in [0.1, 0.15) is 19.4 Å². The fourth-order valence-electron chi connectivity index (χ4n) is 1.51. The van der Waals surface area contributed by atoms with Gasteiger partial charge in [0.05, 0.1) is 0 Å². The summed E-state index contributed by atoms with van der Waals surface area (Å²) in [5, 5.41) is 1.67. The van der Waals surface area contributed by atoms with E-state index < -0.39 is 0 Å². The van der Waals surface area contributed by atoms with Gasteiger partial charge in [0.1, 0.15) is 0 Å². The van der Waals surface area contributed by atoms with E-state index in [2.05, 4.69) is 40.7 Å². The summed E-state index contributed by atoms with van der Waals surface area (Å²) in [6, 6.07) is 6.04. The zero-order chi connectivity index (χ0) is 10.6. The molecule has 0 radical (unpaired) electrons. The Morgan fingerprint density at radius 2 is 1.93 bits per heavy atom. The third-order valence-corrected chi connectivity index (χ3v) is 3.13. The van der Waals surface area contributed by atoms with Crippen molar-refractivity contribution in [1.82, 2.24) is 0 Å². The van der Waals surface area contributed by atoms with Gasteiger partial charge in [0.25, 0.3) is 0 Å². The van der Waals surface area contributed by atoms with Crippen LogP contribution in [0.2, 0.25) is 5.02 Å². The first-order valence-electron chi connectivity index (χ1n) is 4.82. The molecule has 1 rings (SSSR count). The lowest BCUT2D eigenvalue weighted by molar-refractivity contribution is 0.861. The highest BCUT2D eigenvalue weighted by Crippen LogP contribution is 2.26. The molecule has 14 heavy (non-hydrogen) atoms. The molecule has 0 aliphatic carbocycles. The Morgan fingerprint density at radius 3 is 2.43 bits per heavy atom. The van der Waals surface area contributed by atoms with Crippen molar-refractivity contribution in [2.24, 2.45) is 0 Å². The monoisotopic (exact) mass is 275 g/mol. The van der Waals surface area contributed by atoms with E-state index in [-0.39, 0.29) is 0 Å². The Hall–Kier alpha value is -0.210. The molecule has 0 spiro atoms. The number of hydrogen-bond donors (Lipinski definition) is 0. The molecule has 0 aromatic heterocycles. The molecule has 0 heterocycles. The minimum atomic E-state index is 0.802. The van der Waals surface area contributed by atoms with Gasteiger partial charge in [-0.05, 0) is 31.5 Å². The van der Waals surface area contributed by atoms with Gasteiger partial charge in [-0.1, -0.05) is 33.6 Å². The van der Waals surface area contributed by atoms with Gasteiger partial charge in [-0.15, -0.1) is 0 Å². The molecule has 1 nitrogen and oxygen atoms in total. The number of hydrogen-bond acceptors (Lipinski definition) is 1. The Bertz CT molecular complexity index is 297. The predicted molar refractivity (Wildman–Crippen MR) is 67.6 cm³/mol. The fraction of sp³-hybridized carbons (Fsp3) is 0.455. The number of nitrogens with zero attached hydrogens (tertiary/aromatic N) is 1. The third kappa shape index (κ3) is 2.64. The van der Waals surface area contributed by atoms with Crippen molar-refractivity contribution in [3.8, 4) is 0 Å². The second-order valence-electron chi connectivity index (χ2n) is 3.08. The van der Waals surface area contributed by atoms with E-state index in [9.17, 15) is 0 Å². The van der Waals surface area contributed by atoms with Gasteiger partial charge in [0, 0.05) is 29.1 Å².